The van der Waals surface area contributed by atoms with Crippen molar-refractivity contribution in [1.82, 2.24) is 10.6 Å². The van der Waals surface area contributed by atoms with Gasteiger partial charge in [-0.1, -0.05) is 24.3 Å². The predicted molar refractivity (Wildman–Crippen MR) is 137 cm³/mol. The highest BCUT2D eigenvalue weighted by Crippen LogP contribution is 2.19. The molecule has 2 aromatic carbocycles. The van der Waals surface area contributed by atoms with Crippen molar-refractivity contribution in [3.8, 4) is 11.5 Å². The first-order valence-corrected chi connectivity index (χ1v) is 11.7. The van der Waals surface area contributed by atoms with Gasteiger partial charge in [0.15, 0.2) is 11.5 Å². The molecule has 35 heavy (non-hydrogen) atoms. The van der Waals surface area contributed by atoms with Crippen LogP contribution in [-0.4, -0.2) is 35.4 Å². The van der Waals surface area contributed by atoms with E-state index in [9.17, 15) is 9.59 Å². The highest BCUT2D eigenvalue weighted by molar-refractivity contribution is 7.80. The minimum Gasteiger partial charge on any atom is -0.494 e. The highest BCUT2D eigenvalue weighted by Gasteiger charge is 2.23. The minimum atomic E-state index is -0.343. The van der Waals surface area contributed by atoms with E-state index in [0.29, 0.717) is 13.2 Å². The van der Waals surface area contributed by atoms with Crippen LogP contribution in [0.3, 0.4) is 0 Å². The predicted octanol–water partition coefficient (Wildman–Crippen LogP) is 3.86. The van der Waals surface area contributed by atoms with Gasteiger partial charge in [-0.15, -0.1) is 0 Å². The number of carbonyl (C=O) groups excluding carboxylic acids is 2. The monoisotopic (exact) mass is 510 g/mol. The summed E-state index contributed by atoms with van der Waals surface area (Å²) in [6.45, 7) is 1.20. The van der Waals surface area contributed by atoms with Crippen molar-refractivity contribution in [3.63, 3.8) is 0 Å². The number of unbranched alkanes of at least 4 members (excludes halogenated alkanes) is 2. The molecule has 0 bridgehead atoms. The average Bonchev–Trinajstić information content (AvgIpc) is 3.33. The molecule has 0 spiro atoms. The first kappa shape index (κ1) is 24.4. The number of thiocarbonyl (C=S) groups is 2. The third-order valence-electron chi connectivity index (χ3n) is 4.97. The van der Waals surface area contributed by atoms with E-state index < -0.39 is 0 Å². The molecule has 0 aromatic heterocycles. The van der Waals surface area contributed by atoms with Crippen LogP contribution in [0.5, 0.6) is 11.5 Å². The SMILES string of the molecule is O=C1NC(=S)OC1=Cc1ccc(OCCCCCOc2ccc(C=C3OC(=S)NC3=O)cc2)cc1. The molecule has 2 fully saturated rings. The van der Waals surface area contributed by atoms with E-state index >= 15 is 0 Å². The van der Waals surface area contributed by atoms with Crippen LogP contribution in [0.25, 0.3) is 12.2 Å². The van der Waals surface area contributed by atoms with Crippen LogP contribution >= 0.6 is 24.4 Å². The number of benzene rings is 2. The van der Waals surface area contributed by atoms with Crippen molar-refractivity contribution in [2.24, 2.45) is 0 Å². The summed E-state index contributed by atoms with van der Waals surface area (Å²) >= 11 is 9.62. The molecule has 0 unspecified atom stereocenters. The summed E-state index contributed by atoms with van der Waals surface area (Å²) in [6.07, 6.45) is 6.02. The van der Waals surface area contributed by atoms with Gasteiger partial charge in [0.05, 0.1) is 13.2 Å². The fraction of sp³-hybridized carbons (Fsp3) is 0.200. The Morgan fingerprint density at radius 3 is 1.40 bits per heavy atom. The van der Waals surface area contributed by atoms with Crippen LogP contribution in [-0.2, 0) is 19.1 Å². The zero-order valence-electron chi connectivity index (χ0n) is 18.6. The Kier molecular flexibility index (Phi) is 8.07. The lowest BCUT2D eigenvalue weighted by atomic mass is 10.2. The quantitative estimate of drug-likeness (QED) is 0.283. The fourth-order valence-electron chi connectivity index (χ4n) is 3.23. The molecule has 2 heterocycles. The largest absolute Gasteiger partial charge is 0.494 e. The molecule has 2 aliphatic heterocycles. The molecule has 2 N–H and O–H groups in total. The highest BCUT2D eigenvalue weighted by atomic mass is 32.1. The van der Waals surface area contributed by atoms with E-state index in [4.69, 9.17) is 43.4 Å². The van der Waals surface area contributed by atoms with Crippen LogP contribution in [0.2, 0.25) is 0 Å². The topological polar surface area (TPSA) is 95.1 Å². The molecule has 0 atom stereocenters. The first-order valence-electron chi connectivity index (χ1n) is 10.9. The number of hydrogen-bond donors (Lipinski definition) is 2. The minimum absolute atomic E-state index is 0.0649. The second kappa shape index (κ2) is 11.6. The molecule has 2 amide bonds. The standard InChI is InChI=1S/C25H22N2O6S2/c28-22-20(32-24(34)26-22)14-16-4-8-18(9-5-16)30-12-2-1-3-13-31-19-10-6-17(7-11-19)15-21-23(29)27-25(35)33-21/h4-11,14-15H,1-3,12-13H2,(H,26,28,34)(H,27,29,35). The Labute approximate surface area is 212 Å². The number of amides is 2. The van der Waals surface area contributed by atoms with Crippen LogP contribution in [0.4, 0.5) is 0 Å². The van der Waals surface area contributed by atoms with Crippen molar-refractivity contribution in [3.05, 3.63) is 71.2 Å². The van der Waals surface area contributed by atoms with Crippen LogP contribution in [0, 0.1) is 0 Å². The third-order valence-corrected chi connectivity index (χ3v) is 5.34. The number of ether oxygens (including phenoxy) is 4. The molecular formula is C25H22N2O6S2. The van der Waals surface area contributed by atoms with Crippen molar-refractivity contribution in [2.45, 2.75) is 19.3 Å². The number of carbonyl (C=O) groups is 2. The maximum absolute atomic E-state index is 11.6. The first-order chi connectivity index (χ1) is 17.0. The van der Waals surface area contributed by atoms with E-state index in [1.165, 1.54) is 0 Å². The van der Waals surface area contributed by atoms with Crippen molar-refractivity contribution in [1.29, 1.82) is 0 Å². The normalized spacial score (nSPS) is 17.3. The van der Waals surface area contributed by atoms with E-state index in [0.717, 1.165) is 41.9 Å². The van der Waals surface area contributed by atoms with Crippen LogP contribution in [0.1, 0.15) is 30.4 Å². The molecule has 0 radical (unpaired) electrons. The molecule has 4 rings (SSSR count). The molecule has 10 heteroatoms. The Morgan fingerprint density at radius 1 is 0.657 bits per heavy atom. The van der Waals surface area contributed by atoms with Gasteiger partial charge in [-0.2, -0.15) is 0 Å². The molecule has 2 aromatic rings. The van der Waals surface area contributed by atoms with E-state index in [2.05, 4.69) is 10.6 Å². The van der Waals surface area contributed by atoms with Gasteiger partial charge in [0.25, 0.3) is 22.2 Å². The van der Waals surface area contributed by atoms with Gasteiger partial charge in [0.2, 0.25) is 0 Å². The van der Waals surface area contributed by atoms with E-state index in [1.54, 1.807) is 12.2 Å². The van der Waals surface area contributed by atoms with Gasteiger partial charge < -0.3 is 18.9 Å². The summed E-state index contributed by atoms with van der Waals surface area (Å²) in [5.41, 5.74) is 1.63. The van der Waals surface area contributed by atoms with E-state index in [-0.39, 0.29) is 33.7 Å². The summed E-state index contributed by atoms with van der Waals surface area (Å²) in [4.78, 5) is 23.3. The zero-order valence-corrected chi connectivity index (χ0v) is 20.2. The fourth-order valence-corrected chi connectivity index (χ4v) is 3.59. The van der Waals surface area contributed by atoms with Gasteiger partial charge in [0.1, 0.15) is 11.5 Å². The van der Waals surface area contributed by atoms with Gasteiger partial charge in [0, 0.05) is 0 Å². The molecular weight excluding hydrogens is 488 g/mol. The smallest absolute Gasteiger partial charge is 0.294 e. The van der Waals surface area contributed by atoms with Crippen molar-refractivity contribution < 1.29 is 28.5 Å². The maximum Gasteiger partial charge on any atom is 0.294 e. The Bertz CT molecular complexity index is 1100. The zero-order chi connectivity index (χ0) is 24.6. The summed E-state index contributed by atoms with van der Waals surface area (Å²) in [5.74, 6) is 1.18. The summed E-state index contributed by atoms with van der Waals surface area (Å²) in [5, 5.41) is 4.97. The summed E-state index contributed by atoms with van der Waals surface area (Å²) in [6, 6.07) is 14.8. The van der Waals surface area contributed by atoms with Crippen LogP contribution in [0.15, 0.2) is 60.0 Å². The Hall–Kier alpha value is -3.76. The van der Waals surface area contributed by atoms with Gasteiger partial charge in [-0.3, -0.25) is 20.2 Å². The number of hydrogen-bond acceptors (Lipinski definition) is 8. The lowest BCUT2D eigenvalue weighted by Crippen LogP contribution is -2.18. The molecule has 0 aliphatic carbocycles. The molecule has 2 aliphatic rings. The van der Waals surface area contributed by atoms with Crippen LogP contribution < -0.4 is 20.1 Å². The summed E-state index contributed by atoms with van der Waals surface area (Å²) < 4.78 is 21.8. The maximum atomic E-state index is 11.6. The Morgan fingerprint density at radius 2 is 1.06 bits per heavy atom. The molecule has 8 nitrogen and oxygen atoms in total. The van der Waals surface area contributed by atoms with Crippen molar-refractivity contribution >= 4 is 58.8 Å². The van der Waals surface area contributed by atoms with Crippen molar-refractivity contribution in [2.75, 3.05) is 13.2 Å². The average molecular weight is 511 g/mol. The third kappa shape index (κ3) is 7.11. The van der Waals surface area contributed by atoms with Gasteiger partial charge in [-0.25, -0.2) is 0 Å². The number of rotatable bonds is 10. The Balaban J connectivity index is 1.11. The molecule has 2 saturated heterocycles. The molecule has 0 saturated carbocycles. The van der Waals surface area contributed by atoms with E-state index in [1.807, 2.05) is 48.5 Å². The second-order valence-electron chi connectivity index (χ2n) is 7.60. The molecule has 180 valence electrons. The second-order valence-corrected chi connectivity index (χ2v) is 8.34. The van der Waals surface area contributed by atoms with Gasteiger partial charge in [-0.05, 0) is 91.2 Å². The lowest BCUT2D eigenvalue weighted by molar-refractivity contribution is -0.117. The summed E-state index contributed by atoms with van der Waals surface area (Å²) in [7, 11) is 0. The number of nitrogens with one attached hydrogen (secondary N) is 2. The van der Waals surface area contributed by atoms with Gasteiger partial charge >= 0.3 is 0 Å². The lowest BCUT2D eigenvalue weighted by Gasteiger charge is -2.08.